The van der Waals surface area contributed by atoms with Gasteiger partial charge in [-0.3, -0.25) is 0 Å². The van der Waals surface area contributed by atoms with Gasteiger partial charge >= 0.3 is 0 Å². The van der Waals surface area contributed by atoms with Crippen LogP contribution < -0.4 is 5.73 Å². The van der Waals surface area contributed by atoms with Crippen molar-refractivity contribution in [1.82, 2.24) is 0 Å². The number of aromatic hydroxyl groups is 1. The molecule has 0 aliphatic carbocycles. The number of phenolic OH excluding ortho intramolecular Hbond substituents is 1. The second-order valence-electron chi connectivity index (χ2n) is 4.04. The van der Waals surface area contributed by atoms with Crippen molar-refractivity contribution in [3.05, 3.63) is 28.3 Å². The average molecular weight is 280 g/mol. The van der Waals surface area contributed by atoms with Gasteiger partial charge in [0.05, 0.1) is 12.1 Å². The predicted molar refractivity (Wildman–Crippen MR) is 72.9 cm³/mol. The van der Waals surface area contributed by atoms with E-state index in [1.165, 1.54) is 0 Å². The van der Waals surface area contributed by atoms with Crippen molar-refractivity contribution in [2.75, 3.05) is 0 Å². The van der Waals surface area contributed by atoms with Gasteiger partial charge in [0.2, 0.25) is 0 Å². The van der Waals surface area contributed by atoms with E-state index in [-0.39, 0.29) is 18.2 Å². The third-order valence-electron chi connectivity index (χ3n) is 2.65. The largest absolute Gasteiger partial charge is 0.507 e. The lowest BCUT2D eigenvalue weighted by atomic mass is 9.96. The van der Waals surface area contributed by atoms with Crippen molar-refractivity contribution in [2.24, 2.45) is 5.73 Å². The highest BCUT2D eigenvalue weighted by Gasteiger charge is 2.20. The van der Waals surface area contributed by atoms with Crippen molar-refractivity contribution < 1.29 is 10.2 Å². The van der Waals surface area contributed by atoms with Crippen molar-refractivity contribution in [2.45, 2.75) is 38.8 Å². The first-order valence-corrected chi connectivity index (χ1v) is 5.77. The summed E-state index contributed by atoms with van der Waals surface area (Å²) in [6.45, 7) is 3.72. The van der Waals surface area contributed by atoms with Gasteiger partial charge in [-0.1, -0.05) is 24.9 Å². The summed E-state index contributed by atoms with van der Waals surface area (Å²) in [5, 5.41) is 20.2. The van der Waals surface area contributed by atoms with Crippen LogP contribution in [0.1, 0.15) is 36.9 Å². The van der Waals surface area contributed by atoms with Gasteiger partial charge in [0.1, 0.15) is 5.75 Å². The minimum absolute atomic E-state index is 0. The second kappa shape index (κ2) is 7.07. The van der Waals surface area contributed by atoms with Crippen molar-refractivity contribution in [3.63, 3.8) is 0 Å². The number of halogens is 2. The van der Waals surface area contributed by atoms with Gasteiger partial charge < -0.3 is 15.9 Å². The summed E-state index contributed by atoms with van der Waals surface area (Å²) in [4.78, 5) is 0. The Hall–Kier alpha value is -0.480. The molecule has 0 aromatic heterocycles. The van der Waals surface area contributed by atoms with Crippen molar-refractivity contribution in [3.8, 4) is 5.75 Å². The normalized spacial score (nSPS) is 13.9. The Balaban J connectivity index is 0.00000256. The zero-order valence-corrected chi connectivity index (χ0v) is 11.6. The minimum atomic E-state index is -0.659. The van der Waals surface area contributed by atoms with Gasteiger partial charge in [-0.15, -0.1) is 12.4 Å². The number of benzene rings is 1. The van der Waals surface area contributed by atoms with E-state index in [2.05, 4.69) is 0 Å². The number of rotatable bonds is 4. The van der Waals surface area contributed by atoms with Gasteiger partial charge in [-0.2, -0.15) is 0 Å². The molecule has 0 radical (unpaired) electrons. The third kappa shape index (κ3) is 4.03. The fraction of sp³-hybridized carbons (Fsp3) is 0.500. The summed E-state index contributed by atoms with van der Waals surface area (Å²) < 4.78 is 0. The molecule has 5 heteroatoms. The summed E-state index contributed by atoms with van der Waals surface area (Å²) in [6.07, 6.45) is 0.787. The first kappa shape index (κ1) is 16.5. The molecule has 0 spiro atoms. The number of phenols is 1. The summed E-state index contributed by atoms with van der Waals surface area (Å²) >= 11 is 5.90. The van der Waals surface area contributed by atoms with Crippen LogP contribution >= 0.6 is 24.0 Å². The number of aryl methyl sites for hydroxylation is 1. The highest BCUT2D eigenvalue weighted by atomic mass is 35.5. The fourth-order valence-corrected chi connectivity index (χ4v) is 1.98. The van der Waals surface area contributed by atoms with Crippen molar-refractivity contribution >= 4 is 24.0 Å². The molecule has 0 amide bonds. The highest BCUT2D eigenvalue weighted by Crippen LogP contribution is 2.32. The van der Waals surface area contributed by atoms with Crippen LogP contribution in [-0.2, 0) is 0 Å². The Morgan fingerprint density at radius 1 is 1.41 bits per heavy atom. The van der Waals surface area contributed by atoms with Gasteiger partial charge in [-0.25, -0.2) is 0 Å². The topological polar surface area (TPSA) is 66.5 Å². The van der Waals surface area contributed by atoms with E-state index in [1.807, 2.05) is 6.92 Å². The molecule has 0 saturated heterocycles. The lowest BCUT2D eigenvalue weighted by molar-refractivity contribution is 0.133. The van der Waals surface area contributed by atoms with Crippen LogP contribution in [0.4, 0.5) is 0 Å². The van der Waals surface area contributed by atoms with Crippen LogP contribution in [0.5, 0.6) is 5.75 Å². The van der Waals surface area contributed by atoms with Gasteiger partial charge in [0, 0.05) is 10.6 Å². The Morgan fingerprint density at radius 2 is 2.00 bits per heavy atom. The molecule has 0 fully saturated rings. The molecule has 17 heavy (non-hydrogen) atoms. The van der Waals surface area contributed by atoms with Gasteiger partial charge in [0.15, 0.2) is 0 Å². The smallest absolute Gasteiger partial charge is 0.123 e. The number of hydrogen-bond acceptors (Lipinski definition) is 3. The Labute approximate surface area is 113 Å². The van der Waals surface area contributed by atoms with Crippen LogP contribution in [0.2, 0.25) is 5.02 Å². The van der Waals surface area contributed by atoms with Crippen LogP contribution in [0.3, 0.4) is 0 Å². The molecule has 0 aliphatic rings. The summed E-state index contributed by atoms with van der Waals surface area (Å²) in [7, 11) is 0. The number of hydrogen-bond donors (Lipinski definition) is 3. The molecule has 1 aromatic carbocycles. The maximum atomic E-state index is 9.86. The predicted octanol–water partition coefficient (Wildman–Crippen LogP) is 2.94. The van der Waals surface area contributed by atoms with Gasteiger partial charge in [-0.05, 0) is 31.0 Å². The Morgan fingerprint density at radius 3 is 2.53 bits per heavy atom. The monoisotopic (exact) mass is 279 g/mol. The van der Waals surface area contributed by atoms with E-state index in [1.54, 1.807) is 19.1 Å². The van der Waals surface area contributed by atoms with Crippen molar-refractivity contribution in [1.29, 1.82) is 0 Å². The average Bonchev–Trinajstić information content (AvgIpc) is 2.22. The van der Waals surface area contributed by atoms with Crippen LogP contribution in [0.15, 0.2) is 12.1 Å². The van der Waals surface area contributed by atoms with E-state index >= 15 is 0 Å². The molecular formula is C12H19Cl2NO2. The van der Waals surface area contributed by atoms with E-state index in [0.717, 1.165) is 6.42 Å². The van der Waals surface area contributed by atoms with E-state index < -0.39 is 12.1 Å². The number of aliphatic hydroxyl groups is 1. The third-order valence-corrected chi connectivity index (χ3v) is 2.87. The SMILES string of the molecule is CCC[C@H](O)[C@H](N)c1cc(Cl)cc(C)c1O.Cl. The lowest BCUT2D eigenvalue weighted by Crippen LogP contribution is -2.26. The first-order chi connectivity index (χ1) is 7.47. The molecule has 0 unspecified atom stereocenters. The number of nitrogens with two attached hydrogens (primary N) is 1. The Kier molecular flexibility index (Phi) is 6.87. The minimum Gasteiger partial charge on any atom is -0.507 e. The molecule has 4 N–H and O–H groups in total. The van der Waals surface area contributed by atoms with Crippen LogP contribution in [0.25, 0.3) is 0 Å². The van der Waals surface area contributed by atoms with E-state index in [4.69, 9.17) is 17.3 Å². The standard InChI is InChI=1S/C12H18ClNO2.ClH/c1-3-4-10(15)11(14)9-6-8(13)5-7(2)12(9)16;/h5-6,10-11,15-16H,3-4,14H2,1-2H3;1H/t10-,11+;/m0./s1. The molecule has 3 nitrogen and oxygen atoms in total. The maximum absolute atomic E-state index is 9.86. The lowest BCUT2D eigenvalue weighted by Gasteiger charge is -2.20. The molecule has 0 aliphatic heterocycles. The maximum Gasteiger partial charge on any atom is 0.123 e. The quantitative estimate of drug-likeness (QED) is 0.794. The van der Waals surface area contributed by atoms with E-state index in [0.29, 0.717) is 22.6 Å². The molecule has 0 saturated carbocycles. The number of aliphatic hydroxyl groups excluding tert-OH is 1. The Bertz CT molecular complexity index is 372. The summed E-state index contributed by atoms with van der Waals surface area (Å²) in [5.41, 5.74) is 7.07. The molecule has 2 atom stereocenters. The molecule has 0 bridgehead atoms. The zero-order valence-electron chi connectivity index (χ0n) is 9.98. The first-order valence-electron chi connectivity index (χ1n) is 5.40. The molecular weight excluding hydrogens is 261 g/mol. The highest BCUT2D eigenvalue weighted by molar-refractivity contribution is 6.30. The van der Waals surface area contributed by atoms with Crippen LogP contribution in [0, 0.1) is 6.92 Å². The summed E-state index contributed by atoms with van der Waals surface area (Å²) in [5.74, 6) is 0.118. The molecule has 98 valence electrons. The zero-order chi connectivity index (χ0) is 12.3. The van der Waals surface area contributed by atoms with E-state index in [9.17, 15) is 10.2 Å². The second-order valence-corrected chi connectivity index (χ2v) is 4.48. The molecule has 1 rings (SSSR count). The van der Waals surface area contributed by atoms with Gasteiger partial charge in [0.25, 0.3) is 0 Å². The summed E-state index contributed by atoms with van der Waals surface area (Å²) in [6, 6.07) is 2.67. The fourth-order valence-electron chi connectivity index (χ4n) is 1.70. The molecule has 1 aromatic rings. The molecule has 0 heterocycles. The van der Waals surface area contributed by atoms with Crippen LogP contribution in [-0.4, -0.2) is 16.3 Å².